The van der Waals surface area contributed by atoms with Gasteiger partial charge in [-0.1, -0.05) is 12.1 Å². The highest BCUT2D eigenvalue weighted by molar-refractivity contribution is 9.10. The second kappa shape index (κ2) is 6.80. The quantitative estimate of drug-likeness (QED) is 0.647. The number of non-ortho nitro benzene ring substituents is 1. The number of benzene rings is 1. The standard InChI is InChI=1S/C16H18BrN3O3/c17-13-10-18-16(19-8-2-1-4-11(19)7-9-21)15-12(13)5-3-6-14(15)20(22)23/h3,5-6,10-11,21H,1-2,4,7-9H2. The summed E-state index contributed by atoms with van der Waals surface area (Å²) < 4.78 is 0.746. The lowest BCUT2D eigenvalue weighted by molar-refractivity contribution is -0.383. The SMILES string of the molecule is O=[N+]([O-])c1cccc2c(Br)cnc(N3CCCCC3CCO)c12. The summed E-state index contributed by atoms with van der Waals surface area (Å²) in [6.45, 7) is 0.915. The van der Waals surface area contributed by atoms with Gasteiger partial charge < -0.3 is 10.0 Å². The summed E-state index contributed by atoms with van der Waals surface area (Å²) in [7, 11) is 0. The van der Waals surface area contributed by atoms with E-state index < -0.39 is 0 Å². The number of nitro groups is 1. The van der Waals surface area contributed by atoms with Crippen molar-refractivity contribution in [2.24, 2.45) is 0 Å². The Labute approximate surface area is 142 Å². The number of anilines is 1. The van der Waals surface area contributed by atoms with E-state index in [0.717, 1.165) is 35.7 Å². The van der Waals surface area contributed by atoms with Crippen LogP contribution in [-0.2, 0) is 0 Å². The molecule has 3 rings (SSSR count). The van der Waals surface area contributed by atoms with Crippen LogP contribution in [0.15, 0.2) is 28.9 Å². The molecule has 1 saturated heterocycles. The predicted molar refractivity (Wildman–Crippen MR) is 92.8 cm³/mol. The Bertz CT molecular complexity index is 736. The Kier molecular flexibility index (Phi) is 4.77. The van der Waals surface area contributed by atoms with Gasteiger partial charge in [0.2, 0.25) is 0 Å². The Morgan fingerprint density at radius 2 is 2.26 bits per heavy atom. The maximum Gasteiger partial charge on any atom is 0.280 e. The number of pyridine rings is 1. The number of aliphatic hydroxyl groups excluding tert-OH is 1. The van der Waals surface area contributed by atoms with Crippen LogP contribution < -0.4 is 4.90 Å². The minimum atomic E-state index is -0.356. The maximum absolute atomic E-state index is 11.5. The van der Waals surface area contributed by atoms with Gasteiger partial charge in [0.1, 0.15) is 11.2 Å². The van der Waals surface area contributed by atoms with Crippen molar-refractivity contribution in [1.82, 2.24) is 4.98 Å². The molecule has 1 aromatic heterocycles. The summed E-state index contributed by atoms with van der Waals surface area (Å²) in [5.41, 5.74) is 0.0691. The number of nitro benzene ring substituents is 1. The van der Waals surface area contributed by atoms with Gasteiger partial charge in [-0.05, 0) is 41.6 Å². The van der Waals surface area contributed by atoms with Crippen LogP contribution in [0.3, 0.4) is 0 Å². The molecule has 122 valence electrons. The van der Waals surface area contributed by atoms with Crippen molar-refractivity contribution < 1.29 is 10.0 Å². The molecule has 0 saturated carbocycles. The van der Waals surface area contributed by atoms with Crippen molar-refractivity contribution in [3.8, 4) is 0 Å². The summed E-state index contributed by atoms with van der Waals surface area (Å²) in [4.78, 5) is 17.7. The van der Waals surface area contributed by atoms with Gasteiger partial charge in [-0.15, -0.1) is 0 Å². The topological polar surface area (TPSA) is 79.5 Å². The Morgan fingerprint density at radius 1 is 1.43 bits per heavy atom. The zero-order valence-corrected chi connectivity index (χ0v) is 14.2. The first-order valence-electron chi connectivity index (χ1n) is 7.72. The molecule has 0 radical (unpaired) electrons. The monoisotopic (exact) mass is 379 g/mol. The Morgan fingerprint density at radius 3 is 3.00 bits per heavy atom. The van der Waals surface area contributed by atoms with Crippen LogP contribution in [0.5, 0.6) is 0 Å². The molecule has 1 aliphatic rings. The van der Waals surface area contributed by atoms with Crippen LogP contribution in [0.4, 0.5) is 11.5 Å². The molecule has 0 amide bonds. The highest BCUT2D eigenvalue weighted by Gasteiger charge is 2.28. The molecule has 6 nitrogen and oxygen atoms in total. The van der Waals surface area contributed by atoms with E-state index in [1.54, 1.807) is 12.3 Å². The fourth-order valence-electron chi connectivity index (χ4n) is 3.32. The molecular weight excluding hydrogens is 362 g/mol. The predicted octanol–water partition coefficient (Wildman–Crippen LogP) is 3.65. The highest BCUT2D eigenvalue weighted by Crippen LogP contribution is 2.38. The number of rotatable bonds is 4. The summed E-state index contributed by atoms with van der Waals surface area (Å²) in [6, 6.07) is 5.25. The lowest BCUT2D eigenvalue weighted by Crippen LogP contribution is -2.40. The fraction of sp³-hybridized carbons (Fsp3) is 0.438. The van der Waals surface area contributed by atoms with Crippen LogP contribution in [0, 0.1) is 10.1 Å². The second-order valence-electron chi connectivity index (χ2n) is 5.74. The van der Waals surface area contributed by atoms with Crippen LogP contribution in [0.25, 0.3) is 10.8 Å². The van der Waals surface area contributed by atoms with Gasteiger partial charge in [-0.25, -0.2) is 4.98 Å². The molecule has 0 spiro atoms. The third-order valence-electron chi connectivity index (χ3n) is 4.38. The molecule has 1 unspecified atom stereocenters. The molecule has 1 N–H and O–H groups in total. The second-order valence-corrected chi connectivity index (χ2v) is 6.60. The first kappa shape index (κ1) is 16.1. The van der Waals surface area contributed by atoms with Gasteiger partial charge in [0.15, 0.2) is 0 Å². The Balaban J connectivity index is 2.20. The number of fused-ring (bicyclic) bond motifs is 1. The zero-order chi connectivity index (χ0) is 16.4. The molecule has 2 aromatic rings. The number of aliphatic hydroxyl groups is 1. The van der Waals surface area contributed by atoms with Crippen molar-refractivity contribution >= 4 is 38.2 Å². The smallest absolute Gasteiger partial charge is 0.280 e. The van der Waals surface area contributed by atoms with E-state index in [4.69, 9.17) is 0 Å². The largest absolute Gasteiger partial charge is 0.396 e. The van der Waals surface area contributed by atoms with Crippen molar-refractivity contribution in [3.63, 3.8) is 0 Å². The maximum atomic E-state index is 11.5. The molecule has 1 aromatic carbocycles. The van der Waals surface area contributed by atoms with E-state index in [9.17, 15) is 15.2 Å². The van der Waals surface area contributed by atoms with Gasteiger partial charge in [0.25, 0.3) is 5.69 Å². The summed E-state index contributed by atoms with van der Waals surface area (Å²) in [5, 5.41) is 22.1. The average molecular weight is 380 g/mol. The normalized spacial score (nSPS) is 18.3. The minimum absolute atomic E-state index is 0.0691. The van der Waals surface area contributed by atoms with E-state index >= 15 is 0 Å². The number of halogens is 1. The summed E-state index contributed by atoms with van der Waals surface area (Å²) >= 11 is 3.44. The fourth-order valence-corrected chi connectivity index (χ4v) is 3.76. The van der Waals surface area contributed by atoms with Crippen LogP contribution in [-0.4, -0.2) is 34.2 Å². The number of piperidine rings is 1. The molecule has 1 aliphatic heterocycles. The molecule has 1 fully saturated rings. The third kappa shape index (κ3) is 3.03. The van der Waals surface area contributed by atoms with E-state index in [-0.39, 0.29) is 23.3 Å². The van der Waals surface area contributed by atoms with E-state index in [0.29, 0.717) is 17.6 Å². The molecule has 2 heterocycles. The highest BCUT2D eigenvalue weighted by atomic mass is 79.9. The van der Waals surface area contributed by atoms with Gasteiger partial charge in [-0.2, -0.15) is 0 Å². The molecule has 23 heavy (non-hydrogen) atoms. The van der Waals surface area contributed by atoms with E-state index in [1.807, 2.05) is 6.07 Å². The number of aromatic nitrogens is 1. The van der Waals surface area contributed by atoms with E-state index in [2.05, 4.69) is 25.8 Å². The van der Waals surface area contributed by atoms with E-state index in [1.165, 1.54) is 6.07 Å². The number of hydrogen-bond donors (Lipinski definition) is 1. The summed E-state index contributed by atoms with van der Waals surface area (Å²) in [6.07, 6.45) is 5.46. The third-order valence-corrected chi connectivity index (χ3v) is 5.01. The first-order valence-corrected chi connectivity index (χ1v) is 8.52. The van der Waals surface area contributed by atoms with Gasteiger partial charge in [0, 0.05) is 41.3 Å². The minimum Gasteiger partial charge on any atom is -0.396 e. The lowest BCUT2D eigenvalue weighted by atomic mass is 9.98. The molecule has 1 atom stereocenters. The van der Waals surface area contributed by atoms with Crippen molar-refractivity contribution in [3.05, 3.63) is 39.0 Å². The Hall–Kier alpha value is -1.73. The van der Waals surface area contributed by atoms with Crippen molar-refractivity contribution in [1.29, 1.82) is 0 Å². The van der Waals surface area contributed by atoms with Crippen LogP contribution in [0.2, 0.25) is 0 Å². The van der Waals surface area contributed by atoms with Crippen molar-refractivity contribution in [2.45, 2.75) is 31.7 Å². The molecule has 0 aliphatic carbocycles. The average Bonchev–Trinajstić information content (AvgIpc) is 2.56. The number of hydrogen-bond acceptors (Lipinski definition) is 5. The molecule has 7 heteroatoms. The van der Waals surface area contributed by atoms with Crippen molar-refractivity contribution in [2.75, 3.05) is 18.1 Å². The summed E-state index contributed by atoms with van der Waals surface area (Å²) in [5.74, 6) is 0.647. The van der Waals surface area contributed by atoms with Crippen LogP contribution in [0.1, 0.15) is 25.7 Å². The molecular formula is C16H18BrN3O3. The van der Waals surface area contributed by atoms with Gasteiger partial charge >= 0.3 is 0 Å². The first-order chi connectivity index (χ1) is 11.1. The van der Waals surface area contributed by atoms with Gasteiger partial charge in [0.05, 0.1) is 4.92 Å². The van der Waals surface area contributed by atoms with Crippen LogP contribution >= 0.6 is 15.9 Å². The zero-order valence-electron chi connectivity index (χ0n) is 12.6. The lowest BCUT2D eigenvalue weighted by Gasteiger charge is -2.37. The number of nitrogens with zero attached hydrogens (tertiary/aromatic N) is 3. The van der Waals surface area contributed by atoms with Gasteiger partial charge in [-0.3, -0.25) is 10.1 Å². The molecule has 0 bridgehead atoms.